The molecule has 0 aliphatic heterocycles. The van der Waals surface area contributed by atoms with Gasteiger partial charge in [0, 0.05) is 6.42 Å². The number of carboxylic acid groups (broad SMARTS) is 1. The van der Waals surface area contributed by atoms with Gasteiger partial charge in [0.15, 0.2) is 8.32 Å². The van der Waals surface area contributed by atoms with E-state index >= 15 is 0 Å². The lowest BCUT2D eigenvalue weighted by molar-refractivity contribution is -0.137. The normalized spacial score (nSPS) is 14.5. The Labute approximate surface area is 175 Å². The van der Waals surface area contributed by atoms with Gasteiger partial charge >= 0.3 is 5.97 Å². The summed E-state index contributed by atoms with van der Waals surface area (Å²) in [6.07, 6.45) is 22.2. The van der Waals surface area contributed by atoms with Crippen LogP contribution in [0.3, 0.4) is 0 Å². The molecule has 0 saturated carbocycles. The molecule has 0 radical (unpaired) electrons. The molecule has 0 aromatic rings. The smallest absolute Gasteiger partial charge is 0.303 e. The van der Waals surface area contributed by atoms with Crippen molar-refractivity contribution in [2.45, 2.75) is 110 Å². The molecule has 0 rings (SSSR count). The molecular formula is C24H44O3Si. The molecule has 0 spiro atoms. The summed E-state index contributed by atoms with van der Waals surface area (Å²) in [5.41, 5.74) is 0. The van der Waals surface area contributed by atoms with Crippen molar-refractivity contribution in [1.82, 2.24) is 0 Å². The summed E-state index contributed by atoms with van der Waals surface area (Å²) >= 11 is 0. The second kappa shape index (κ2) is 14.8. The van der Waals surface area contributed by atoms with Crippen LogP contribution in [0.5, 0.6) is 0 Å². The second-order valence-electron chi connectivity index (χ2n) is 9.13. The highest BCUT2D eigenvalue weighted by atomic mass is 28.4. The maximum Gasteiger partial charge on any atom is 0.303 e. The molecule has 3 nitrogen and oxygen atoms in total. The van der Waals surface area contributed by atoms with Crippen LogP contribution in [0.15, 0.2) is 36.5 Å². The number of carboxylic acids is 1. The van der Waals surface area contributed by atoms with Crippen LogP contribution in [0.4, 0.5) is 0 Å². The van der Waals surface area contributed by atoms with E-state index in [0.717, 1.165) is 38.5 Å². The molecule has 1 N–H and O–H groups in total. The number of carbonyl (C=O) groups is 1. The first-order valence-corrected chi connectivity index (χ1v) is 13.8. The van der Waals surface area contributed by atoms with Gasteiger partial charge < -0.3 is 9.53 Å². The maximum atomic E-state index is 10.4. The average Bonchev–Trinajstić information content (AvgIpc) is 2.56. The predicted octanol–water partition coefficient (Wildman–Crippen LogP) is 7.66. The number of hydrogen-bond acceptors (Lipinski definition) is 2. The Kier molecular flexibility index (Phi) is 14.2. The standard InChI is InChI=1S/C24H44O3Si/c1-22(27-28(5,6)24(2,3)4)20-18-16-14-12-10-8-7-9-11-13-15-17-19-21-23(25)26/h7-8,12,14,18,20,22H,9-11,13,15-17,19,21H2,1-6H3,(H,25,26)/b8-7-,14-12-,20-18-. The van der Waals surface area contributed by atoms with Crippen molar-refractivity contribution in [2.24, 2.45) is 0 Å². The van der Waals surface area contributed by atoms with E-state index in [1.807, 2.05) is 0 Å². The van der Waals surface area contributed by atoms with Gasteiger partial charge in [0.1, 0.15) is 0 Å². The zero-order valence-electron chi connectivity index (χ0n) is 19.2. The van der Waals surface area contributed by atoms with Crippen LogP contribution in [0, 0.1) is 0 Å². The van der Waals surface area contributed by atoms with E-state index in [1.54, 1.807) is 0 Å². The molecule has 0 aromatic carbocycles. The van der Waals surface area contributed by atoms with Crippen molar-refractivity contribution in [3.05, 3.63) is 36.5 Å². The Bertz CT molecular complexity index is 498. The molecule has 0 amide bonds. The molecule has 0 fully saturated rings. The molecule has 28 heavy (non-hydrogen) atoms. The highest BCUT2D eigenvalue weighted by Crippen LogP contribution is 2.37. The minimum atomic E-state index is -1.68. The summed E-state index contributed by atoms with van der Waals surface area (Å²) in [7, 11) is -1.68. The monoisotopic (exact) mass is 408 g/mol. The lowest BCUT2D eigenvalue weighted by atomic mass is 10.1. The van der Waals surface area contributed by atoms with Gasteiger partial charge in [-0.25, -0.2) is 0 Å². The summed E-state index contributed by atoms with van der Waals surface area (Å²) in [4.78, 5) is 10.4. The molecule has 1 atom stereocenters. The lowest BCUT2D eigenvalue weighted by Crippen LogP contribution is -2.42. The molecule has 0 aliphatic carbocycles. The van der Waals surface area contributed by atoms with E-state index in [1.165, 1.54) is 12.8 Å². The predicted molar refractivity (Wildman–Crippen MR) is 124 cm³/mol. The zero-order chi connectivity index (χ0) is 21.5. The van der Waals surface area contributed by atoms with Gasteiger partial charge in [0.05, 0.1) is 6.10 Å². The van der Waals surface area contributed by atoms with Crippen molar-refractivity contribution in [3.8, 4) is 0 Å². The summed E-state index contributed by atoms with van der Waals surface area (Å²) < 4.78 is 6.32. The third-order valence-corrected chi connectivity index (χ3v) is 9.91. The Morgan fingerprint density at radius 1 is 0.929 bits per heavy atom. The van der Waals surface area contributed by atoms with Gasteiger partial charge in [-0.05, 0) is 57.2 Å². The van der Waals surface area contributed by atoms with E-state index in [0.29, 0.717) is 6.42 Å². The van der Waals surface area contributed by atoms with Crippen LogP contribution in [-0.4, -0.2) is 25.5 Å². The van der Waals surface area contributed by atoms with Crippen LogP contribution in [0.1, 0.15) is 85.5 Å². The van der Waals surface area contributed by atoms with Crippen molar-refractivity contribution < 1.29 is 14.3 Å². The molecule has 0 aromatic heterocycles. The minimum Gasteiger partial charge on any atom is -0.481 e. The zero-order valence-corrected chi connectivity index (χ0v) is 20.2. The first-order valence-electron chi connectivity index (χ1n) is 10.9. The fourth-order valence-electron chi connectivity index (χ4n) is 2.58. The van der Waals surface area contributed by atoms with Crippen LogP contribution in [-0.2, 0) is 9.22 Å². The van der Waals surface area contributed by atoms with E-state index in [-0.39, 0.29) is 11.1 Å². The van der Waals surface area contributed by atoms with Crippen LogP contribution >= 0.6 is 0 Å². The molecule has 0 saturated heterocycles. The van der Waals surface area contributed by atoms with Gasteiger partial charge in [0.2, 0.25) is 0 Å². The Balaban J connectivity index is 3.72. The van der Waals surface area contributed by atoms with Crippen LogP contribution < -0.4 is 0 Å². The second-order valence-corrected chi connectivity index (χ2v) is 13.9. The number of hydrogen-bond donors (Lipinski definition) is 1. The molecule has 0 heterocycles. The van der Waals surface area contributed by atoms with E-state index < -0.39 is 14.3 Å². The largest absolute Gasteiger partial charge is 0.481 e. The summed E-state index contributed by atoms with van der Waals surface area (Å²) in [6.45, 7) is 13.5. The summed E-state index contributed by atoms with van der Waals surface area (Å²) in [5.74, 6) is -0.680. The Morgan fingerprint density at radius 3 is 2.07 bits per heavy atom. The van der Waals surface area contributed by atoms with Crippen molar-refractivity contribution in [1.29, 1.82) is 0 Å². The first-order chi connectivity index (χ1) is 13.1. The number of aliphatic carboxylic acids is 1. The van der Waals surface area contributed by atoms with Gasteiger partial charge in [-0.3, -0.25) is 4.79 Å². The molecule has 162 valence electrons. The quantitative estimate of drug-likeness (QED) is 0.172. The third-order valence-electron chi connectivity index (χ3n) is 5.33. The maximum absolute atomic E-state index is 10.4. The number of allylic oxidation sites excluding steroid dienone is 5. The molecule has 1 unspecified atom stereocenters. The minimum absolute atomic E-state index is 0.179. The topological polar surface area (TPSA) is 46.5 Å². The highest BCUT2D eigenvalue weighted by Gasteiger charge is 2.37. The molecule has 4 heteroatoms. The average molecular weight is 409 g/mol. The van der Waals surface area contributed by atoms with Gasteiger partial charge in [-0.1, -0.05) is 76.5 Å². The van der Waals surface area contributed by atoms with Crippen molar-refractivity contribution in [3.63, 3.8) is 0 Å². The lowest BCUT2D eigenvalue weighted by Gasteiger charge is -2.37. The van der Waals surface area contributed by atoms with E-state index in [4.69, 9.17) is 9.53 Å². The van der Waals surface area contributed by atoms with Gasteiger partial charge in [0.25, 0.3) is 0 Å². The SMILES string of the molecule is CC(/C=C\C/C=C\C/C=C\CCCCCCCC(=O)O)O[Si](C)(C)C(C)(C)C. The fraction of sp³-hybridized carbons (Fsp3) is 0.708. The van der Waals surface area contributed by atoms with Crippen molar-refractivity contribution in [2.75, 3.05) is 0 Å². The summed E-state index contributed by atoms with van der Waals surface area (Å²) in [6, 6.07) is 0. The Hall–Kier alpha value is -1.13. The first kappa shape index (κ1) is 26.9. The fourth-order valence-corrected chi connectivity index (χ4v) is 3.94. The summed E-state index contributed by atoms with van der Waals surface area (Å²) in [5, 5.41) is 8.83. The third kappa shape index (κ3) is 14.9. The van der Waals surface area contributed by atoms with Crippen LogP contribution in [0.2, 0.25) is 18.1 Å². The Morgan fingerprint density at radius 2 is 1.46 bits per heavy atom. The van der Waals surface area contributed by atoms with E-state index in [9.17, 15) is 4.79 Å². The van der Waals surface area contributed by atoms with E-state index in [2.05, 4.69) is 77.2 Å². The number of rotatable bonds is 15. The van der Waals surface area contributed by atoms with Crippen molar-refractivity contribution >= 4 is 14.3 Å². The van der Waals surface area contributed by atoms with Crippen LogP contribution in [0.25, 0.3) is 0 Å². The molecular weight excluding hydrogens is 364 g/mol. The van der Waals surface area contributed by atoms with Gasteiger partial charge in [-0.15, -0.1) is 0 Å². The molecule has 0 bridgehead atoms. The molecule has 0 aliphatic rings. The highest BCUT2D eigenvalue weighted by molar-refractivity contribution is 6.74. The number of unbranched alkanes of at least 4 members (excludes halogenated alkanes) is 5. The van der Waals surface area contributed by atoms with Gasteiger partial charge in [-0.2, -0.15) is 0 Å².